The maximum Gasteiger partial charge on any atom is 0.273 e. The quantitative estimate of drug-likeness (QED) is 0.481. The number of carbonyl (C=O) groups excluding carboxylic acids is 2. The first-order valence-electron chi connectivity index (χ1n) is 13.0. The summed E-state index contributed by atoms with van der Waals surface area (Å²) in [5.41, 5.74) is 6.88. The number of carbonyl (C=O) groups is 2. The summed E-state index contributed by atoms with van der Waals surface area (Å²) < 4.78 is 14.0. The fourth-order valence-electron chi connectivity index (χ4n) is 5.26. The maximum absolute atomic E-state index is 14.0. The van der Waals surface area contributed by atoms with Gasteiger partial charge in [-0.25, -0.2) is 14.4 Å². The Morgan fingerprint density at radius 1 is 1.21 bits per heavy atom. The Bertz CT molecular complexity index is 1180. The highest BCUT2D eigenvalue weighted by atomic mass is 35.5. The molecule has 2 saturated heterocycles. The molecule has 1 aromatic carbocycles. The third-order valence-corrected chi connectivity index (χ3v) is 7.67. The molecule has 4 rings (SSSR count). The second-order valence-electron chi connectivity index (χ2n) is 9.78. The Hall–Kier alpha value is -3.02. The summed E-state index contributed by atoms with van der Waals surface area (Å²) in [5.74, 6) is -0.585. The number of nitrogens with zero attached hydrogens (tertiary/aromatic N) is 5. The SMILES string of the molecule is CC[C@H]1CN(c2nc(N)c(C(=O)NCCO)nc2Cl)CCN1C1CCN(C(=O)c2ccc(C)c(F)c2)CC1. The van der Waals surface area contributed by atoms with Gasteiger partial charge in [0.2, 0.25) is 0 Å². The van der Waals surface area contributed by atoms with Gasteiger partial charge in [0.25, 0.3) is 11.8 Å². The van der Waals surface area contributed by atoms with Crippen molar-refractivity contribution in [3.05, 3.63) is 46.0 Å². The lowest BCUT2D eigenvalue weighted by Gasteiger charge is -2.47. The number of halogens is 2. The molecule has 0 saturated carbocycles. The molecule has 206 valence electrons. The molecular weight excluding hydrogens is 513 g/mol. The summed E-state index contributed by atoms with van der Waals surface area (Å²) in [7, 11) is 0. The van der Waals surface area contributed by atoms with E-state index in [4.69, 9.17) is 22.4 Å². The Morgan fingerprint density at radius 2 is 1.95 bits per heavy atom. The molecule has 2 aliphatic heterocycles. The number of piperidine rings is 1. The van der Waals surface area contributed by atoms with Crippen LogP contribution in [0.15, 0.2) is 18.2 Å². The summed E-state index contributed by atoms with van der Waals surface area (Å²) in [6.07, 6.45) is 2.62. The molecule has 10 nitrogen and oxygen atoms in total. The Balaban J connectivity index is 1.38. The summed E-state index contributed by atoms with van der Waals surface area (Å²) in [4.78, 5) is 40.1. The van der Waals surface area contributed by atoms with Crippen molar-refractivity contribution >= 4 is 35.1 Å². The normalized spacial score (nSPS) is 19.0. The predicted molar refractivity (Wildman–Crippen MR) is 144 cm³/mol. The lowest BCUT2D eigenvalue weighted by Crippen LogP contribution is -2.58. The van der Waals surface area contributed by atoms with Crippen LogP contribution in [0, 0.1) is 12.7 Å². The average molecular weight is 548 g/mol. The van der Waals surface area contributed by atoms with Crippen molar-refractivity contribution in [1.82, 2.24) is 25.1 Å². The van der Waals surface area contributed by atoms with Crippen molar-refractivity contribution in [2.75, 3.05) is 56.5 Å². The van der Waals surface area contributed by atoms with Crippen LogP contribution in [0.25, 0.3) is 0 Å². The minimum Gasteiger partial charge on any atom is -0.395 e. The number of hydrogen-bond acceptors (Lipinski definition) is 8. The number of piperazine rings is 1. The number of aromatic nitrogens is 2. The topological polar surface area (TPSA) is 128 Å². The van der Waals surface area contributed by atoms with Crippen LogP contribution >= 0.6 is 11.6 Å². The highest BCUT2D eigenvalue weighted by Gasteiger charge is 2.35. The molecule has 0 bridgehead atoms. The Labute approximate surface area is 227 Å². The molecule has 0 aliphatic carbocycles. The second kappa shape index (κ2) is 12.2. The van der Waals surface area contributed by atoms with Gasteiger partial charge in [-0.3, -0.25) is 14.5 Å². The van der Waals surface area contributed by atoms with Crippen LogP contribution in [0.3, 0.4) is 0 Å². The van der Waals surface area contributed by atoms with E-state index in [0.29, 0.717) is 49.2 Å². The average Bonchev–Trinajstić information content (AvgIpc) is 2.93. The first kappa shape index (κ1) is 28.0. The van der Waals surface area contributed by atoms with Crippen LogP contribution in [0.4, 0.5) is 16.0 Å². The molecule has 2 aliphatic rings. The molecule has 1 aromatic heterocycles. The molecule has 4 N–H and O–H groups in total. The third kappa shape index (κ3) is 6.00. The summed E-state index contributed by atoms with van der Waals surface area (Å²) >= 11 is 6.43. The second-order valence-corrected chi connectivity index (χ2v) is 10.1. The van der Waals surface area contributed by atoms with Gasteiger partial charge in [0.05, 0.1) is 6.61 Å². The van der Waals surface area contributed by atoms with E-state index in [1.54, 1.807) is 19.1 Å². The van der Waals surface area contributed by atoms with E-state index in [1.807, 2.05) is 4.90 Å². The van der Waals surface area contributed by atoms with E-state index < -0.39 is 5.91 Å². The first-order chi connectivity index (χ1) is 18.2. The van der Waals surface area contributed by atoms with Gasteiger partial charge in [-0.15, -0.1) is 0 Å². The maximum atomic E-state index is 14.0. The number of nitrogens with two attached hydrogens (primary N) is 1. The molecule has 38 heavy (non-hydrogen) atoms. The van der Waals surface area contributed by atoms with Crippen molar-refractivity contribution < 1.29 is 19.1 Å². The predicted octanol–water partition coefficient (Wildman–Crippen LogP) is 2.09. The zero-order chi connectivity index (χ0) is 27.4. The number of hydrogen-bond donors (Lipinski definition) is 3. The monoisotopic (exact) mass is 547 g/mol. The van der Waals surface area contributed by atoms with Crippen molar-refractivity contribution in [2.24, 2.45) is 0 Å². The standard InChI is InChI=1S/C26H35ClFN7O3/c1-3-18-15-34(24-22(27)31-21(23(29)32-24)25(37)30-8-13-36)11-12-35(18)19-6-9-33(10-7-19)26(38)17-5-4-16(2)20(28)14-17/h4-5,14,18-19,36H,3,6-13,15H2,1-2H3,(H2,29,32)(H,30,37)/t18-/m0/s1. The zero-order valence-electron chi connectivity index (χ0n) is 21.8. The fraction of sp³-hybridized carbons (Fsp3) is 0.538. The smallest absolute Gasteiger partial charge is 0.273 e. The van der Waals surface area contributed by atoms with E-state index in [9.17, 15) is 14.0 Å². The van der Waals surface area contributed by atoms with E-state index in [0.717, 1.165) is 25.8 Å². The summed E-state index contributed by atoms with van der Waals surface area (Å²) in [5, 5.41) is 11.5. The molecule has 2 fully saturated rings. The third-order valence-electron chi connectivity index (χ3n) is 7.41. The summed E-state index contributed by atoms with van der Waals surface area (Å²) in [6, 6.07) is 5.24. The molecule has 2 amide bonds. The van der Waals surface area contributed by atoms with Gasteiger partial charge in [0, 0.05) is 56.9 Å². The van der Waals surface area contributed by atoms with Crippen molar-refractivity contribution in [2.45, 2.75) is 45.2 Å². The lowest BCUT2D eigenvalue weighted by atomic mass is 9.97. The number of aryl methyl sites for hydroxylation is 1. The molecule has 1 atom stereocenters. The van der Waals surface area contributed by atoms with E-state index >= 15 is 0 Å². The number of nitrogen functional groups attached to an aromatic ring is 1. The van der Waals surface area contributed by atoms with Crippen LogP contribution in [-0.4, -0.2) is 94.6 Å². The molecule has 0 spiro atoms. The number of amides is 2. The van der Waals surface area contributed by atoms with Crippen LogP contribution < -0.4 is 16.0 Å². The van der Waals surface area contributed by atoms with Crippen LogP contribution in [-0.2, 0) is 0 Å². The molecular formula is C26H35ClFN7O3. The minimum atomic E-state index is -0.536. The van der Waals surface area contributed by atoms with Crippen molar-refractivity contribution in [1.29, 1.82) is 0 Å². The minimum absolute atomic E-state index is 0.0131. The number of aliphatic hydroxyl groups is 1. The van der Waals surface area contributed by atoms with Crippen molar-refractivity contribution in [3.8, 4) is 0 Å². The summed E-state index contributed by atoms with van der Waals surface area (Å²) in [6.45, 7) is 7.10. The van der Waals surface area contributed by atoms with Gasteiger partial charge in [-0.2, -0.15) is 0 Å². The van der Waals surface area contributed by atoms with Crippen LogP contribution in [0.1, 0.15) is 52.6 Å². The number of nitrogens with one attached hydrogen (secondary N) is 1. The van der Waals surface area contributed by atoms with E-state index in [1.165, 1.54) is 6.07 Å². The molecule has 0 radical (unpaired) electrons. The molecule has 2 aromatic rings. The fourth-order valence-corrected chi connectivity index (χ4v) is 5.50. The van der Waals surface area contributed by atoms with Gasteiger partial charge in [0.15, 0.2) is 22.5 Å². The van der Waals surface area contributed by atoms with Gasteiger partial charge >= 0.3 is 0 Å². The van der Waals surface area contributed by atoms with Gasteiger partial charge in [-0.1, -0.05) is 24.6 Å². The van der Waals surface area contributed by atoms with E-state index in [-0.39, 0.29) is 47.6 Å². The first-order valence-corrected chi connectivity index (χ1v) is 13.4. The zero-order valence-corrected chi connectivity index (χ0v) is 22.5. The molecule has 3 heterocycles. The Kier molecular flexibility index (Phi) is 9.01. The van der Waals surface area contributed by atoms with Crippen LogP contribution in [0.2, 0.25) is 5.15 Å². The van der Waals surface area contributed by atoms with Crippen molar-refractivity contribution in [3.63, 3.8) is 0 Å². The largest absolute Gasteiger partial charge is 0.395 e. The van der Waals surface area contributed by atoms with Gasteiger partial charge in [0.1, 0.15) is 5.82 Å². The molecule has 0 unspecified atom stereocenters. The van der Waals surface area contributed by atoms with E-state index in [2.05, 4.69) is 32.0 Å². The molecule has 12 heteroatoms. The lowest BCUT2D eigenvalue weighted by molar-refractivity contribution is 0.0490. The van der Waals surface area contributed by atoms with Gasteiger partial charge < -0.3 is 26.0 Å². The van der Waals surface area contributed by atoms with Gasteiger partial charge in [-0.05, 0) is 43.9 Å². The number of aliphatic hydroxyl groups excluding tert-OH is 1. The number of benzene rings is 1. The van der Waals surface area contributed by atoms with Crippen LogP contribution in [0.5, 0.6) is 0 Å². The number of likely N-dealkylation sites (tertiary alicyclic amines) is 1. The highest BCUT2D eigenvalue weighted by Crippen LogP contribution is 2.30. The number of anilines is 2. The highest BCUT2D eigenvalue weighted by molar-refractivity contribution is 6.32. The Morgan fingerprint density at radius 3 is 2.61 bits per heavy atom. The number of rotatable bonds is 7.